The summed E-state index contributed by atoms with van der Waals surface area (Å²) in [4.78, 5) is 11.5. The number of hydrogen-bond acceptors (Lipinski definition) is 4. The lowest BCUT2D eigenvalue weighted by molar-refractivity contribution is -0.135. The second kappa shape index (κ2) is 8.92. The van der Waals surface area contributed by atoms with Gasteiger partial charge in [0.15, 0.2) is 0 Å². The van der Waals surface area contributed by atoms with Gasteiger partial charge in [0.2, 0.25) is 0 Å². The zero-order valence-corrected chi connectivity index (χ0v) is 15.0. The van der Waals surface area contributed by atoms with E-state index in [2.05, 4.69) is 32.9 Å². The largest absolute Gasteiger partial charge is 0.483 e. The third-order valence-electron chi connectivity index (χ3n) is 4.29. The van der Waals surface area contributed by atoms with Gasteiger partial charge >= 0.3 is 5.97 Å². The predicted octanol–water partition coefficient (Wildman–Crippen LogP) is 3.91. The summed E-state index contributed by atoms with van der Waals surface area (Å²) in [6, 6.07) is 0. The van der Waals surface area contributed by atoms with Crippen molar-refractivity contribution >= 4 is 5.97 Å². The van der Waals surface area contributed by atoms with Crippen LogP contribution in [0.1, 0.15) is 53.4 Å². The van der Waals surface area contributed by atoms with E-state index in [0.717, 1.165) is 31.3 Å². The fourth-order valence-electron chi connectivity index (χ4n) is 2.80. The minimum atomic E-state index is -0.442. The molecule has 0 saturated heterocycles. The van der Waals surface area contributed by atoms with E-state index in [9.17, 15) is 9.90 Å². The first kappa shape index (κ1) is 19.5. The van der Waals surface area contributed by atoms with Gasteiger partial charge in [0, 0.05) is 0 Å². The van der Waals surface area contributed by atoms with Gasteiger partial charge in [-0.05, 0) is 50.2 Å². The lowest BCUT2D eigenvalue weighted by atomic mass is 9.86. The summed E-state index contributed by atoms with van der Waals surface area (Å²) in [5.74, 6) is 0.541. The highest BCUT2D eigenvalue weighted by molar-refractivity contribution is 5.83. The van der Waals surface area contributed by atoms with Gasteiger partial charge in [-0.1, -0.05) is 32.9 Å². The molecule has 1 rings (SSSR count). The third kappa shape index (κ3) is 5.54. The highest BCUT2D eigenvalue weighted by Crippen LogP contribution is 2.40. The predicted molar refractivity (Wildman–Crippen MR) is 91.8 cm³/mol. The Morgan fingerprint density at radius 1 is 1.39 bits per heavy atom. The average Bonchev–Trinajstić information content (AvgIpc) is 2.89. The maximum absolute atomic E-state index is 11.5. The molecule has 23 heavy (non-hydrogen) atoms. The topological polar surface area (TPSA) is 55.8 Å². The molecule has 4 nitrogen and oxygen atoms in total. The summed E-state index contributed by atoms with van der Waals surface area (Å²) >= 11 is 0. The smallest absolute Gasteiger partial charge is 0.334 e. The first-order chi connectivity index (χ1) is 10.9. The zero-order valence-electron chi connectivity index (χ0n) is 15.0. The zero-order chi connectivity index (χ0) is 17.5. The Balaban J connectivity index is 2.99. The maximum Gasteiger partial charge on any atom is 0.334 e. The van der Waals surface area contributed by atoms with E-state index in [4.69, 9.17) is 9.47 Å². The molecule has 1 aliphatic rings. The summed E-state index contributed by atoms with van der Waals surface area (Å²) in [5.41, 5.74) is 0.654. The van der Waals surface area contributed by atoms with Crippen LogP contribution in [0.5, 0.6) is 0 Å². The van der Waals surface area contributed by atoms with Crippen LogP contribution in [0.2, 0.25) is 0 Å². The number of carbonyl (C=O) groups excluding carboxylic acids is 1. The summed E-state index contributed by atoms with van der Waals surface area (Å²) < 4.78 is 10.9. The Bertz CT molecular complexity index is 488. The molecule has 0 radical (unpaired) electrons. The number of rotatable bonds is 8. The van der Waals surface area contributed by atoms with Gasteiger partial charge in [-0.25, -0.2) is 4.79 Å². The number of aliphatic hydroxyl groups excluding tert-OH is 1. The van der Waals surface area contributed by atoms with Crippen LogP contribution in [-0.4, -0.2) is 29.9 Å². The van der Waals surface area contributed by atoms with Crippen molar-refractivity contribution in [3.63, 3.8) is 0 Å². The van der Waals surface area contributed by atoms with Gasteiger partial charge in [-0.2, -0.15) is 0 Å². The molecule has 0 aromatic heterocycles. The summed E-state index contributed by atoms with van der Waals surface area (Å²) in [6.45, 7) is 8.02. The number of aliphatic hydroxyl groups is 1. The van der Waals surface area contributed by atoms with E-state index >= 15 is 0 Å². The van der Waals surface area contributed by atoms with E-state index < -0.39 is 17.7 Å². The van der Waals surface area contributed by atoms with E-state index in [1.807, 2.05) is 6.08 Å². The van der Waals surface area contributed by atoms with Crippen molar-refractivity contribution in [2.75, 3.05) is 7.11 Å². The fraction of sp³-hybridized carbons (Fsp3) is 0.632. The molecule has 130 valence electrons. The molecule has 1 N–H and O–H groups in total. The van der Waals surface area contributed by atoms with Crippen LogP contribution in [0, 0.1) is 5.92 Å². The van der Waals surface area contributed by atoms with E-state index in [1.54, 1.807) is 6.92 Å². The summed E-state index contributed by atoms with van der Waals surface area (Å²) in [7, 11) is 1.37. The van der Waals surface area contributed by atoms with Crippen molar-refractivity contribution in [1.82, 2.24) is 0 Å². The number of hydrogen-bond donors (Lipinski definition) is 1. The molecule has 0 amide bonds. The molecule has 1 aliphatic heterocycles. The number of allylic oxidation sites excluding steroid dienone is 2. The van der Waals surface area contributed by atoms with Crippen molar-refractivity contribution in [1.29, 1.82) is 0 Å². The Morgan fingerprint density at radius 3 is 2.57 bits per heavy atom. The van der Waals surface area contributed by atoms with Crippen LogP contribution in [0.25, 0.3) is 0 Å². The second-order valence-electron chi connectivity index (χ2n) is 6.07. The van der Waals surface area contributed by atoms with Gasteiger partial charge in [0.05, 0.1) is 19.3 Å². The van der Waals surface area contributed by atoms with Crippen molar-refractivity contribution in [3.05, 3.63) is 35.6 Å². The first-order valence-electron chi connectivity index (χ1n) is 8.46. The third-order valence-corrected chi connectivity index (χ3v) is 4.29. The Labute approximate surface area is 139 Å². The normalized spacial score (nSPS) is 25.3. The number of esters is 1. The van der Waals surface area contributed by atoms with Gasteiger partial charge in [0.25, 0.3) is 0 Å². The quantitative estimate of drug-likeness (QED) is 0.418. The monoisotopic (exact) mass is 322 g/mol. The molecule has 3 atom stereocenters. The molecule has 0 fully saturated rings. The maximum atomic E-state index is 11.5. The van der Waals surface area contributed by atoms with Gasteiger partial charge < -0.3 is 14.6 Å². The van der Waals surface area contributed by atoms with Crippen LogP contribution in [0.15, 0.2) is 35.6 Å². The number of methoxy groups -OCH3 is 1. The molecular weight excluding hydrogens is 292 g/mol. The van der Waals surface area contributed by atoms with E-state index in [0.29, 0.717) is 11.7 Å². The van der Waals surface area contributed by atoms with Gasteiger partial charge in [0.1, 0.15) is 11.4 Å². The molecule has 0 aliphatic carbocycles. The molecule has 0 aromatic carbocycles. The molecule has 0 spiro atoms. The van der Waals surface area contributed by atoms with Crippen LogP contribution in [-0.2, 0) is 14.3 Å². The fourth-order valence-corrected chi connectivity index (χ4v) is 2.80. The van der Waals surface area contributed by atoms with Crippen LogP contribution in [0.3, 0.4) is 0 Å². The highest BCUT2D eigenvalue weighted by atomic mass is 16.5. The van der Waals surface area contributed by atoms with Crippen LogP contribution < -0.4 is 0 Å². The minimum Gasteiger partial charge on any atom is -0.483 e. The number of ether oxygens (including phenoxy) is 2. The van der Waals surface area contributed by atoms with E-state index in [1.165, 1.54) is 13.2 Å². The van der Waals surface area contributed by atoms with Crippen molar-refractivity contribution in [2.24, 2.45) is 5.92 Å². The molecular formula is C19H30O4. The van der Waals surface area contributed by atoms with Crippen LogP contribution >= 0.6 is 0 Å². The SMILES string of the molecule is CCC1=CC(CC)(CC(/C=C/[C@H](C)O)CC)O/C1=C\C(=O)OC. The molecule has 0 bridgehead atoms. The van der Waals surface area contributed by atoms with Crippen LogP contribution in [0.4, 0.5) is 0 Å². The Hall–Kier alpha value is -1.55. The molecule has 0 aromatic rings. The second-order valence-corrected chi connectivity index (χ2v) is 6.07. The van der Waals surface area contributed by atoms with Crippen molar-refractivity contribution in [3.8, 4) is 0 Å². The first-order valence-corrected chi connectivity index (χ1v) is 8.46. The number of carbonyl (C=O) groups is 1. The molecule has 2 unspecified atom stereocenters. The molecule has 4 heteroatoms. The minimum absolute atomic E-state index is 0.316. The lowest BCUT2D eigenvalue weighted by Gasteiger charge is -2.29. The van der Waals surface area contributed by atoms with Crippen molar-refractivity contribution < 1.29 is 19.4 Å². The summed E-state index contributed by atoms with van der Waals surface area (Å²) in [6.07, 6.45) is 10.5. The standard InChI is InChI=1S/C19H30O4/c1-6-15(10-9-14(4)20)12-19(8-3)13-16(7-2)17(23-19)11-18(21)22-5/h9-11,13-15,20H,6-8,12H2,1-5H3/b10-9+,17-11-/t14-,15?,19?/m0/s1. The average molecular weight is 322 g/mol. The lowest BCUT2D eigenvalue weighted by Crippen LogP contribution is -2.28. The van der Waals surface area contributed by atoms with Gasteiger partial charge in [-0.3, -0.25) is 0 Å². The Morgan fingerprint density at radius 2 is 2.09 bits per heavy atom. The summed E-state index contributed by atoms with van der Waals surface area (Å²) in [5, 5.41) is 9.44. The Kier molecular flexibility index (Phi) is 7.56. The van der Waals surface area contributed by atoms with E-state index in [-0.39, 0.29) is 0 Å². The molecule has 1 heterocycles. The van der Waals surface area contributed by atoms with Gasteiger partial charge in [-0.15, -0.1) is 0 Å². The highest BCUT2D eigenvalue weighted by Gasteiger charge is 2.37. The molecule has 0 saturated carbocycles. The van der Waals surface area contributed by atoms with Crippen molar-refractivity contribution in [2.45, 2.75) is 65.1 Å².